The molecule has 0 amide bonds. The van der Waals surface area contributed by atoms with Gasteiger partial charge in [0.1, 0.15) is 0 Å². The molecule has 1 aromatic heterocycles. The second kappa shape index (κ2) is 12.1. The van der Waals surface area contributed by atoms with Crippen LogP contribution in [0.25, 0.3) is 0 Å². The van der Waals surface area contributed by atoms with E-state index in [-0.39, 0.29) is 0 Å². The van der Waals surface area contributed by atoms with Crippen molar-refractivity contribution < 1.29 is 0 Å². The molecule has 0 saturated carbocycles. The first-order valence-corrected chi connectivity index (χ1v) is 11.8. The van der Waals surface area contributed by atoms with Gasteiger partial charge in [0.25, 0.3) is 0 Å². The third-order valence-corrected chi connectivity index (χ3v) is 5.91. The molecule has 1 aliphatic carbocycles. The lowest BCUT2D eigenvalue weighted by Crippen LogP contribution is -2.32. The fourth-order valence-electron chi connectivity index (χ4n) is 4.47. The molecule has 4 heteroatoms. The number of anilines is 1. The number of hydrogen-bond donors (Lipinski definition) is 1. The van der Waals surface area contributed by atoms with Crippen LogP contribution in [-0.2, 0) is 25.8 Å². The van der Waals surface area contributed by atoms with Gasteiger partial charge in [-0.15, -0.1) is 0 Å². The largest absolute Gasteiger partial charge is 0.371 e. The van der Waals surface area contributed by atoms with E-state index in [9.17, 15) is 0 Å². The lowest BCUT2D eigenvalue weighted by Gasteiger charge is -2.32. The Kier molecular flexibility index (Phi) is 9.16. The molecule has 1 fully saturated rings. The molecule has 1 saturated heterocycles. The average molecular weight is 409 g/mol. The zero-order valence-corrected chi connectivity index (χ0v) is 19.3. The molecule has 0 radical (unpaired) electrons. The summed E-state index contributed by atoms with van der Waals surface area (Å²) in [4.78, 5) is 8.91. The van der Waals surface area contributed by atoms with Gasteiger partial charge in [-0.3, -0.25) is 4.98 Å². The number of nitrogens with one attached hydrogen (secondary N) is 1. The van der Waals surface area contributed by atoms with E-state index in [0.29, 0.717) is 0 Å². The Labute approximate surface area is 183 Å². The number of piperidine rings is 1. The summed E-state index contributed by atoms with van der Waals surface area (Å²) in [6, 6.07) is 11.0. The summed E-state index contributed by atoms with van der Waals surface area (Å²) >= 11 is 0. The topological polar surface area (TPSA) is 31.4 Å². The van der Waals surface area contributed by atoms with Gasteiger partial charge >= 0.3 is 0 Å². The van der Waals surface area contributed by atoms with Crippen molar-refractivity contribution in [2.45, 2.75) is 57.9 Å². The van der Waals surface area contributed by atoms with Crippen LogP contribution < -0.4 is 10.2 Å². The summed E-state index contributed by atoms with van der Waals surface area (Å²) in [5, 5.41) is 3.45. The van der Waals surface area contributed by atoms with Crippen molar-refractivity contribution in [2.24, 2.45) is 0 Å². The van der Waals surface area contributed by atoms with Crippen LogP contribution in [0.4, 0.5) is 5.69 Å². The van der Waals surface area contributed by atoms with Gasteiger partial charge < -0.3 is 15.1 Å². The first-order chi connectivity index (χ1) is 14.6. The summed E-state index contributed by atoms with van der Waals surface area (Å²) in [5.41, 5.74) is 7.42. The van der Waals surface area contributed by atoms with Crippen LogP contribution in [0.15, 0.2) is 36.5 Å². The molecular weight excluding hydrogens is 368 g/mol. The van der Waals surface area contributed by atoms with E-state index >= 15 is 0 Å². The molecule has 4 nitrogen and oxygen atoms in total. The van der Waals surface area contributed by atoms with E-state index in [1.807, 2.05) is 38.3 Å². The minimum atomic E-state index is 1.05. The molecule has 30 heavy (non-hydrogen) atoms. The van der Waals surface area contributed by atoms with Crippen molar-refractivity contribution in [2.75, 3.05) is 45.7 Å². The van der Waals surface area contributed by atoms with Crippen LogP contribution in [0.1, 0.15) is 54.5 Å². The molecule has 5 rings (SSSR count). The van der Waals surface area contributed by atoms with E-state index in [4.69, 9.17) is 0 Å². The van der Waals surface area contributed by atoms with Crippen LogP contribution in [0.3, 0.4) is 0 Å². The Hall–Kier alpha value is -1.91. The zero-order chi connectivity index (χ0) is 21.2. The third-order valence-electron chi connectivity index (χ3n) is 5.91. The van der Waals surface area contributed by atoms with Gasteiger partial charge in [0, 0.05) is 37.2 Å². The third kappa shape index (κ3) is 6.82. The highest BCUT2D eigenvalue weighted by molar-refractivity contribution is 5.57. The molecule has 0 spiro atoms. The first-order valence-electron chi connectivity index (χ1n) is 11.8. The summed E-state index contributed by atoms with van der Waals surface area (Å²) in [5.74, 6) is 0. The van der Waals surface area contributed by atoms with Gasteiger partial charge in [0.15, 0.2) is 0 Å². The van der Waals surface area contributed by atoms with E-state index in [1.54, 1.807) is 5.56 Å². The average Bonchev–Trinajstić information content (AvgIpc) is 2.79. The molecule has 2 aromatic rings. The highest BCUT2D eigenvalue weighted by Crippen LogP contribution is 2.28. The monoisotopic (exact) mass is 408 g/mol. The van der Waals surface area contributed by atoms with Crippen molar-refractivity contribution in [1.82, 2.24) is 15.2 Å². The molecule has 1 N–H and O–H groups in total. The predicted octanol–water partition coefficient (Wildman–Crippen LogP) is 4.46. The Morgan fingerprint density at radius 2 is 1.57 bits per heavy atom. The Balaban J connectivity index is 0.000000156. The molecule has 3 heterocycles. The molecule has 2 aliphatic heterocycles. The number of rotatable bonds is 1. The van der Waals surface area contributed by atoms with Crippen LogP contribution in [0.5, 0.6) is 0 Å². The lowest BCUT2D eigenvalue weighted by atomic mass is 9.96. The van der Waals surface area contributed by atoms with Gasteiger partial charge in [0.2, 0.25) is 0 Å². The van der Waals surface area contributed by atoms with Gasteiger partial charge in [-0.05, 0) is 108 Å². The Morgan fingerprint density at radius 3 is 2.33 bits per heavy atom. The maximum Gasteiger partial charge on any atom is 0.0435 e. The second-order valence-corrected chi connectivity index (χ2v) is 9.05. The molecule has 3 aliphatic rings. The van der Waals surface area contributed by atoms with Crippen LogP contribution >= 0.6 is 0 Å². The Morgan fingerprint density at radius 1 is 0.833 bits per heavy atom. The number of pyridine rings is 1. The van der Waals surface area contributed by atoms with Crippen molar-refractivity contribution in [3.8, 4) is 0 Å². The van der Waals surface area contributed by atoms with E-state index < -0.39 is 0 Å². The zero-order valence-electron chi connectivity index (χ0n) is 19.3. The van der Waals surface area contributed by atoms with Crippen molar-refractivity contribution in [1.29, 1.82) is 0 Å². The van der Waals surface area contributed by atoms with Gasteiger partial charge in [-0.2, -0.15) is 0 Å². The predicted molar refractivity (Wildman–Crippen MR) is 128 cm³/mol. The fourth-order valence-corrected chi connectivity index (χ4v) is 4.47. The molecule has 0 bridgehead atoms. The van der Waals surface area contributed by atoms with Gasteiger partial charge in [-0.1, -0.05) is 18.2 Å². The van der Waals surface area contributed by atoms with Crippen molar-refractivity contribution in [3.05, 3.63) is 58.9 Å². The summed E-state index contributed by atoms with van der Waals surface area (Å²) in [6.07, 6.45) is 12.3. The van der Waals surface area contributed by atoms with Gasteiger partial charge in [0.05, 0.1) is 0 Å². The molecule has 1 aromatic carbocycles. The maximum atomic E-state index is 4.32. The maximum absolute atomic E-state index is 4.32. The number of benzene rings is 1. The summed E-state index contributed by atoms with van der Waals surface area (Å²) < 4.78 is 0. The molecule has 164 valence electrons. The van der Waals surface area contributed by atoms with Gasteiger partial charge in [-0.25, -0.2) is 0 Å². The van der Waals surface area contributed by atoms with E-state index in [0.717, 1.165) is 13.1 Å². The minimum absolute atomic E-state index is 1.05. The minimum Gasteiger partial charge on any atom is -0.371 e. The van der Waals surface area contributed by atoms with E-state index in [1.165, 1.54) is 87.0 Å². The standard InChI is InChI=1S/C14H20N2.C9H11N.C3H9N/c1-2-9-16(10-3-1)14-6-4-5-12-11-15-8-7-13(12)14;1-2-6-9-8(4-1)5-3-7-10-9;1-4(2)3/h4-6,15H,1-3,7-11H2;3,5,7H,1-2,4,6H2;1-3H3. The molecular formula is C26H40N4. The highest BCUT2D eigenvalue weighted by atomic mass is 15.1. The smallest absolute Gasteiger partial charge is 0.0435 e. The number of nitrogens with zero attached hydrogens (tertiary/aromatic N) is 3. The highest BCUT2D eigenvalue weighted by Gasteiger charge is 2.18. The van der Waals surface area contributed by atoms with Crippen molar-refractivity contribution in [3.63, 3.8) is 0 Å². The fraction of sp³-hybridized carbons (Fsp3) is 0.577. The first kappa shape index (κ1) is 22.8. The molecule has 0 unspecified atom stereocenters. The SMILES string of the molecule is CN(C)C.c1cc2c(c(N3CCCCC3)c1)CCNC2.c1cnc2c(c1)CCCC2. The number of aromatic nitrogens is 1. The lowest BCUT2D eigenvalue weighted by molar-refractivity contribution is 0.505. The van der Waals surface area contributed by atoms with Crippen LogP contribution in [0, 0.1) is 0 Å². The number of hydrogen-bond acceptors (Lipinski definition) is 4. The van der Waals surface area contributed by atoms with Crippen LogP contribution in [-0.4, -0.2) is 50.7 Å². The summed E-state index contributed by atoms with van der Waals surface area (Å²) in [7, 11) is 6.00. The Bertz CT molecular complexity index is 738. The second-order valence-electron chi connectivity index (χ2n) is 9.05. The number of fused-ring (bicyclic) bond motifs is 2. The normalized spacial score (nSPS) is 17.7. The summed E-state index contributed by atoms with van der Waals surface area (Å²) in [6.45, 7) is 4.70. The quantitative estimate of drug-likeness (QED) is 0.755. The number of aryl methyl sites for hydroxylation is 2. The van der Waals surface area contributed by atoms with Crippen molar-refractivity contribution >= 4 is 5.69 Å². The van der Waals surface area contributed by atoms with Crippen LogP contribution in [0.2, 0.25) is 0 Å². The van der Waals surface area contributed by atoms with E-state index in [2.05, 4.69) is 39.5 Å². The molecule has 0 atom stereocenters.